The molecule has 0 fully saturated rings. The minimum Gasteiger partial charge on any atom is -0.328 e. The summed E-state index contributed by atoms with van der Waals surface area (Å²) >= 11 is 0. The maximum Gasteiger partial charge on any atom is 0.416 e. The summed E-state index contributed by atoms with van der Waals surface area (Å²) in [4.78, 5) is 0. The number of halogens is 4. The lowest BCUT2D eigenvalue weighted by Gasteiger charge is -2.09. The van der Waals surface area contributed by atoms with Crippen LogP contribution < -0.4 is 5.73 Å². The van der Waals surface area contributed by atoms with Gasteiger partial charge in [-0.1, -0.05) is 18.2 Å². The molecular weight excluding hydrogens is 227 g/mol. The van der Waals surface area contributed by atoms with Crippen molar-refractivity contribution < 1.29 is 13.2 Å². The molecule has 1 atom stereocenters. The van der Waals surface area contributed by atoms with Crippen molar-refractivity contribution in [1.82, 2.24) is 0 Å². The summed E-state index contributed by atoms with van der Waals surface area (Å²) < 4.78 is 36.8. The molecule has 0 unspecified atom stereocenters. The molecule has 5 heteroatoms. The molecule has 0 heterocycles. The van der Waals surface area contributed by atoms with Crippen LogP contribution in [0.5, 0.6) is 0 Å². The molecule has 0 aliphatic carbocycles. The third-order valence-electron chi connectivity index (χ3n) is 1.81. The Morgan fingerprint density at radius 3 is 2.40 bits per heavy atom. The molecule has 0 aliphatic heterocycles. The highest BCUT2D eigenvalue weighted by molar-refractivity contribution is 5.85. The molecule has 0 amide bonds. The van der Waals surface area contributed by atoms with Crippen molar-refractivity contribution in [3.05, 3.63) is 35.4 Å². The van der Waals surface area contributed by atoms with Gasteiger partial charge in [0.25, 0.3) is 0 Å². The van der Waals surface area contributed by atoms with E-state index in [1.54, 1.807) is 13.0 Å². The third-order valence-corrected chi connectivity index (χ3v) is 1.81. The number of hydrogen-bond acceptors (Lipinski definition) is 1. The van der Waals surface area contributed by atoms with E-state index in [-0.39, 0.29) is 18.4 Å². The van der Waals surface area contributed by atoms with E-state index in [0.29, 0.717) is 12.0 Å². The zero-order valence-electron chi connectivity index (χ0n) is 8.21. The van der Waals surface area contributed by atoms with Gasteiger partial charge >= 0.3 is 6.18 Å². The molecule has 1 aromatic carbocycles. The molecule has 1 rings (SSSR count). The molecule has 2 N–H and O–H groups in total. The van der Waals surface area contributed by atoms with Gasteiger partial charge in [0.05, 0.1) is 5.56 Å². The van der Waals surface area contributed by atoms with Gasteiger partial charge in [0.1, 0.15) is 0 Å². The van der Waals surface area contributed by atoms with Crippen molar-refractivity contribution in [3.63, 3.8) is 0 Å². The number of rotatable bonds is 2. The van der Waals surface area contributed by atoms with Crippen molar-refractivity contribution >= 4 is 12.4 Å². The highest BCUT2D eigenvalue weighted by Crippen LogP contribution is 2.29. The van der Waals surface area contributed by atoms with Crippen LogP contribution in [0.15, 0.2) is 24.3 Å². The Kier molecular flexibility index (Phi) is 5.11. The molecule has 0 aliphatic rings. The fourth-order valence-electron chi connectivity index (χ4n) is 1.25. The van der Waals surface area contributed by atoms with E-state index in [2.05, 4.69) is 0 Å². The largest absolute Gasteiger partial charge is 0.416 e. The number of alkyl halides is 3. The fraction of sp³-hybridized carbons (Fsp3) is 0.400. The fourth-order valence-corrected chi connectivity index (χ4v) is 1.25. The lowest BCUT2D eigenvalue weighted by Crippen LogP contribution is -2.18. The van der Waals surface area contributed by atoms with Crippen LogP contribution in [-0.2, 0) is 12.6 Å². The Labute approximate surface area is 92.9 Å². The lowest BCUT2D eigenvalue weighted by molar-refractivity contribution is -0.137. The molecule has 0 spiro atoms. The van der Waals surface area contributed by atoms with E-state index in [0.717, 1.165) is 12.1 Å². The van der Waals surface area contributed by atoms with Crippen LogP contribution in [0.25, 0.3) is 0 Å². The minimum absolute atomic E-state index is 0. The first-order chi connectivity index (χ1) is 6.39. The van der Waals surface area contributed by atoms with Gasteiger partial charge in [-0.25, -0.2) is 0 Å². The maximum atomic E-state index is 12.3. The monoisotopic (exact) mass is 239 g/mol. The number of nitrogens with two attached hydrogens (primary N) is 1. The Morgan fingerprint density at radius 2 is 1.93 bits per heavy atom. The lowest BCUT2D eigenvalue weighted by atomic mass is 10.0. The average Bonchev–Trinajstić information content (AvgIpc) is 2.01. The Bertz CT molecular complexity index is 310. The van der Waals surface area contributed by atoms with Crippen molar-refractivity contribution in [3.8, 4) is 0 Å². The smallest absolute Gasteiger partial charge is 0.328 e. The van der Waals surface area contributed by atoms with Crippen LogP contribution in [-0.4, -0.2) is 6.04 Å². The number of hydrogen-bond donors (Lipinski definition) is 1. The highest BCUT2D eigenvalue weighted by atomic mass is 35.5. The van der Waals surface area contributed by atoms with Gasteiger partial charge in [0.15, 0.2) is 0 Å². The van der Waals surface area contributed by atoms with Crippen LogP contribution in [0.1, 0.15) is 18.1 Å². The van der Waals surface area contributed by atoms with Crippen molar-refractivity contribution in [2.75, 3.05) is 0 Å². The topological polar surface area (TPSA) is 26.0 Å². The van der Waals surface area contributed by atoms with Gasteiger partial charge in [-0.3, -0.25) is 0 Å². The molecule has 0 radical (unpaired) electrons. The van der Waals surface area contributed by atoms with Gasteiger partial charge < -0.3 is 5.73 Å². The summed E-state index contributed by atoms with van der Waals surface area (Å²) in [5.41, 5.74) is 5.51. The molecule has 0 saturated heterocycles. The molecule has 86 valence electrons. The van der Waals surface area contributed by atoms with Gasteiger partial charge in [0.2, 0.25) is 0 Å². The van der Waals surface area contributed by atoms with E-state index >= 15 is 0 Å². The van der Waals surface area contributed by atoms with Gasteiger partial charge in [0, 0.05) is 6.04 Å². The zero-order chi connectivity index (χ0) is 10.8. The van der Waals surface area contributed by atoms with Gasteiger partial charge in [-0.05, 0) is 25.0 Å². The first-order valence-corrected chi connectivity index (χ1v) is 4.31. The predicted octanol–water partition coefficient (Wildman–Crippen LogP) is 3.02. The molecule has 1 aromatic rings. The van der Waals surface area contributed by atoms with Crippen LogP contribution in [0.4, 0.5) is 13.2 Å². The van der Waals surface area contributed by atoms with Crippen LogP contribution in [0.3, 0.4) is 0 Å². The normalized spacial score (nSPS) is 13.1. The van der Waals surface area contributed by atoms with Crippen LogP contribution in [0, 0.1) is 0 Å². The second-order valence-electron chi connectivity index (χ2n) is 3.38. The highest BCUT2D eigenvalue weighted by Gasteiger charge is 2.30. The number of benzene rings is 1. The minimum atomic E-state index is -4.27. The molecule has 0 aromatic heterocycles. The van der Waals surface area contributed by atoms with E-state index < -0.39 is 11.7 Å². The van der Waals surface area contributed by atoms with Crippen molar-refractivity contribution in [2.24, 2.45) is 5.73 Å². The Hall–Kier alpha value is -0.740. The maximum absolute atomic E-state index is 12.3. The van der Waals surface area contributed by atoms with Gasteiger partial charge in [-0.2, -0.15) is 13.2 Å². The van der Waals surface area contributed by atoms with Crippen molar-refractivity contribution in [1.29, 1.82) is 0 Å². The average molecular weight is 240 g/mol. The summed E-state index contributed by atoms with van der Waals surface area (Å²) in [5.74, 6) is 0. The summed E-state index contributed by atoms with van der Waals surface area (Å²) in [5, 5.41) is 0. The second kappa shape index (κ2) is 5.37. The van der Waals surface area contributed by atoms with E-state index in [9.17, 15) is 13.2 Å². The molecule has 0 saturated carbocycles. The SMILES string of the molecule is C[C@@H](N)Cc1cccc(C(F)(F)F)c1.Cl. The van der Waals surface area contributed by atoms with Gasteiger partial charge in [-0.15, -0.1) is 12.4 Å². The van der Waals surface area contributed by atoms with Crippen molar-refractivity contribution in [2.45, 2.75) is 25.6 Å². The molecule has 0 bridgehead atoms. The molecule has 15 heavy (non-hydrogen) atoms. The summed E-state index contributed by atoms with van der Waals surface area (Å²) in [7, 11) is 0. The Morgan fingerprint density at radius 1 is 1.33 bits per heavy atom. The molecule has 1 nitrogen and oxygen atoms in total. The van der Waals surface area contributed by atoms with E-state index in [1.165, 1.54) is 6.07 Å². The summed E-state index contributed by atoms with van der Waals surface area (Å²) in [6.45, 7) is 1.76. The summed E-state index contributed by atoms with van der Waals surface area (Å²) in [6.07, 6.45) is -3.81. The Balaban J connectivity index is 0.00000196. The first kappa shape index (κ1) is 14.3. The predicted molar refractivity (Wildman–Crippen MR) is 56.0 cm³/mol. The molecular formula is C10H13ClF3N. The second-order valence-corrected chi connectivity index (χ2v) is 3.38. The van der Waals surface area contributed by atoms with E-state index in [1.807, 2.05) is 0 Å². The van der Waals surface area contributed by atoms with Crippen LogP contribution >= 0.6 is 12.4 Å². The quantitative estimate of drug-likeness (QED) is 0.844. The first-order valence-electron chi connectivity index (χ1n) is 4.31. The summed E-state index contributed by atoms with van der Waals surface area (Å²) in [6, 6.07) is 5.13. The van der Waals surface area contributed by atoms with Crippen LogP contribution in [0.2, 0.25) is 0 Å². The third kappa shape index (κ3) is 4.53. The standard InChI is InChI=1S/C10H12F3N.ClH/c1-7(14)5-8-3-2-4-9(6-8)10(11,12)13;/h2-4,6-7H,5,14H2,1H3;1H/t7-;/m1./s1. The zero-order valence-corrected chi connectivity index (χ0v) is 9.03. The van der Waals surface area contributed by atoms with E-state index in [4.69, 9.17) is 5.73 Å².